The van der Waals surface area contributed by atoms with Gasteiger partial charge in [0.15, 0.2) is 11.5 Å². The van der Waals surface area contributed by atoms with Crippen LogP contribution < -0.4 is 14.4 Å². The quantitative estimate of drug-likeness (QED) is 0.480. The number of piperazine rings is 1. The molecular formula is C30H35FN4O4. The molecule has 3 aliphatic rings. The van der Waals surface area contributed by atoms with Crippen molar-refractivity contribution in [3.05, 3.63) is 76.4 Å². The van der Waals surface area contributed by atoms with Gasteiger partial charge in [0.05, 0.1) is 18.9 Å². The number of anilines is 1. The number of fused-ring (bicyclic) bond motifs is 1. The molecule has 9 heteroatoms. The number of hydrogen-bond donors (Lipinski definition) is 0. The van der Waals surface area contributed by atoms with E-state index in [0.29, 0.717) is 32.8 Å². The predicted octanol–water partition coefficient (Wildman–Crippen LogP) is 3.82. The monoisotopic (exact) mass is 534 g/mol. The lowest BCUT2D eigenvalue weighted by atomic mass is 10.1. The maximum Gasteiger partial charge on any atom is 0.270 e. The van der Waals surface area contributed by atoms with Crippen molar-refractivity contribution in [2.45, 2.75) is 26.9 Å². The number of rotatable bonds is 6. The SMILES string of the molecule is Cc1c(N2CCOCC2)c(C)n(Cc2ccc(F)cc2)c1C(=O)N1CCN(Cc2ccc3c(c2)OCO3)CC1. The first-order valence-corrected chi connectivity index (χ1v) is 13.6. The van der Waals surface area contributed by atoms with E-state index in [0.717, 1.165) is 72.4 Å². The van der Waals surface area contributed by atoms with Gasteiger partial charge in [0, 0.05) is 63.6 Å². The molecule has 2 saturated heterocycles. The summed E-state index contributed by atoms with van der Waals surface area (Å²) in [7, 11) is 0. The summed E-state index contributed by atoms with van der Waals surface area (Å²) in [5, 5.41) is 0. The lowest BCUT2D eigenvalue weighted by Crippen LogP contribution is -2.48. The lowest BCUT2D eigenvalue weighted by molar-refractivity contribution is 0.0617. The van der Waals surface area contributed by atoms with Crippen LogP contribution in [-0.2, 0) is 17.8 Å². The Kier molecular flexibility index (Phi) is 7.18. The highest BCUT2D eigenvalue weighted by Crippen LogP contribution is 2.34. The summed E-state index contributed by atoms with van der Waals surface area (Å²) in [4.78, 5) is 20.8. The molecule has 0 spiro atoms. The highest BCUT2D eigenvalue weighted by Gasteiger charge is 2.31. The van der Waals surface area contributed by atoms with Gasteiger partial charge in [-0.25, -0.2) is 4.39 Å². The first kappa shape index (κ1) is 25.7. The van der Waals surface area contributed by atoms with Gasteiger partial charge in [-0.2, -0.15) is 0 Å². The first-order valence-electron chi connectivity index (χ1n) is 13.6. The number of hydrogen-bond acceptors (Lipinski definition) is 6. The molecule has 0 saturated carbocycles. The first-order chi connectivity index (χ1) is 19.0. The van der Waals surface area contributed by atoms with E-state index in [1.54, 1.807) is 12.1 Å². The second-order valence-electron chi connectivity index (χ2n) is 10.5. The normalized spacial score (nSPS) is 17.6. The Morgan fingerprint density at radius 3 is 2.28 bits per heavy atom. The Hall–Kier alpha value is -3.56. The van der Waals surface area contributed by atoms with Gasteiger partial charge in [0.2, 0.25) is 6.79 Å². The number of benzene rings is 2. The molecular weight excluding hydrogens is 499 g/mol. The fourth-order valence-corrected chi connectivity index (χ4v) is 5.94. The average molecular weight is 535 g/mol. The van der Waals surface area contributed by atoms with Gasteiger partial charge in [0.1, 0.15) is 11.5 Å². The van der Waals surface area contributed by atoms with E-state index in [9.17, 15) is 9.18 Å². The topological polar surface area (TPSA) is 59.4 Å². The van der Waals surface area contributed by atoms with Crippen LogP contribution in [0, 0.1) is 19.7 Å². The van der Waals surface area contributed by atoms with E-state index in [1.165, 1.54) is 17.7 Å². The van der Waals surface area contributed by atoms with Crippen LogP contribution >= 0.6 is 0 Å². The van der Waals surface area contributed by atoms with E-state index < -0.39 is 0 Å². The van der Waals surface area contributed by atoms with Crippen molar-refractivity contribution in [1.29, 1.82) is 0 Å². The number of amides is 1. The van der Waals surface area contributed by atoms with Crippen LogP contribution in [0.2, 0.25) is 0 Å². The zero-order chi connectivity index (χ0) is 26.9. The summed E-state index contributed by atoms with van der Waals surface area (Å²) < 4.78 is 32.3. The van der Waals surface area contributed by atoms with Gasteiger partial charge < -0.3 is 28.6 Å². The smallest absolute Gasteiger partial charge is 0.270 e. The molecule has 2 fully saturated rings. The van der Waals surface area contributed by atoms with Crippen molar-refractivity contribution in [3.8, 4) is 11.5 Å². The largest absolute Gasteiger partial charge is 0.454 e. The van der Waals surface area contributed by atoms with Gasteiger partial charge >= 0.3 is 0 Å². The Bertz CT molecular complexity index is 1340. The Morgan fingerprint density at radius 2 is 1.54 bits per heavy atom. The molecule has 8 nitrogen and oxygen atoms in total. The third-order valence-electron chi connectivity index (χ3n) is 8.01. The Labute approximate surface area is 228 Å². The fraction of sp³-hybridized carbons (Fsp3) is 0.433. The van der Waals surface area contributed by atoms with Crippen molar-refractivity contribution in [2.24, 2.45) is 0 Å². The number of ether oxygens (including phenoxy) is 3. The number of halogens is 1. The van der Waals surface area contributed by atoms with E-state index in [1.807, 2.05) is 17.0 Å². The second-order valence-corrected chi connectivity index (χ2v) is 10.5. The molecule has 0 bridgehead atoms. The maximum absolute atomic E-state index is 14.1. The molecule has 0 N–H and O–H groups in total. The summed E-state index contributed by atoms with van der Waals surface area (Å²) >= 11 is 0. The van der Waals surface area contributed by atoms with E-state index in [-0.39, 0.29) is 18.5 Å². The van der Waals surface area contributed by atoms with Crippen molar-refractivity contribution in [3.63, 3.8) is 0 Å². The fourth-order valence-electron chi connectivity index (χ4n) is 5.94. The van der Waals surface area contributed by atoms with E-state index in [4.69, 9.17) is 14.2 Å². The standard InChI is InChI=1S/C30H35FN4O4/c1-21-28(33-13-15-37-16-14-33)22(2)35(19-23-3-6-25(31)7-4-23)29(21)30(36)34-11-9-32(10-12-34)18-24-5-8-26-27(17-24)39-20-38-26/h3-8,17H,9-16,18-20H2,1-2H3. The van der Waals surface area contributed by atoms with E-state index in [2.05, 4.69) is 34.3 Å². The van der Waals surface area contributed by atoms with Crippen LogP contribution in [0.3, 0.4) is 0 Å². The van der Waals surface area contributed by atoms with Crippen molar-refractivity contribution < 1.29 is 23.4 Å². The minimum Gasteiger partial charge on any atom is -0.454 e. The zero-order valence-electron chi connectivity index (χ0n) is 22.6. The molecule has 1 aromatic heterocycles. The summed E-state index contributed by atoms with van der Waals surface area (Å²) in [6.07, 6.45) is 0. The molecule has 0 aliphatic carbocycles. The van der Waals surface area contributed by atoms with Crippen LogP contribution in [0.15, 0.2) is 42.5 Å². The lowest BCUT2D eigenvalue weighted by Gasteiger charge is -2.35. The van der Waals surface area contributed by atoms with Crippen LogP contribution in [-0.4, -0.2) is 79.5 Å². The molecule has 2 aromatic carbocycles. The van der Waals surface area contributed by atoms with Crippen molar-refractivity contribution >= 4 is 11.6 Å². The minimum atomic E-state index is -0.261. The molecule has 0 radical (unpaired) electrons. The number of morpholine rings is 1. The molecule has 0 atom stereocenters. The van der Waals surface area contributed by atoms with Gasteiger partial charge in [-0.05, 0) is 49.2 Å². The molecule has 4 heterocycles. The highest BCUT2D eigenvalue weighted by molar-refractivity contribution is 5.96. The summed E-state index contributed by atoms with van der Waals surface area (Å²) in [6.45, 7) is 11.6. The van der Waals surface area contributed by atoms with E-state index >= 15 is 0 Å². The van der Waals surface area contributed by atoms with Gasteiger partial charge in [-0.15, -0.1) is 0 Å². The van der Waals surface area contributed by atoms with Gasteiger partial charge in [-0.1, -0.05) is 18.2 Å². The third-order valence-corrected chi connectivity index (χ3v) is 8.01. The number of carbonyl (C=O) groups excluding carboxylic acids is 1. The highest BCUT2D eigenvalue weighted by atomic mass is 19.1. The zero-order valence-corrected chi connectivity index (χ0v) is 22.6. The number of nitrogens with zero attached hydrogens (tertiary/aromatic N) is 4. The van der Waals surface area contributed by atoms with Crippen LogP contribution in [0.4, 0.5) is 10.1 Å². The van der Waals surface area contributed by atoms with Crippen LogP contribution in [0.5, 0.6) is 11.5 Å². The Morgan fingerprint density at radius 1 is 0.846 bits per heavy atom. The third kappa shape index (κ3) is 5.21. The van der Waals surface area contributed by atoms with Gasteiger partial charge in [0.25, 0.3) is 5.91 Å². The van der Waals surface area contributed by atoms with Crippen molar-refractivity contribution in [1.82, 2.24) is 14.4 Å². The molecule has 39 heavy (non-hydrogen) atoms. The minimum absolute atomic E-state index is 0.0555. The summed E-state index contributed by atoms with van der Waals surface area (Å²) in [5.74, 6) is 1.38. The van der Waals surface area contributed by atoms with Crippen molar-refractivity contribution in [2.75, 3.05) is 64.2 Å². The number of aromatic nitrogens is 1. The predicted molar refractivity (Wildman–Crippen MR) is 146 cm³/mol. The molecule has 1 amide bonds. The Balaban J connectivity index is 1.21. The average Bonchev–Trinajstić information content (AvgIpc) is 3.52. The van der Waals surface area contributed by atoms with Gasteiger partial charge in [-0.3, -0.25) is 9.69 Å². The molecule has 6 rings (SSSR count). The maximum atomic E-state index is 14.1. The molecule has 206 valence electrons. The second kappa shape index (κ2) is 10.9. The summed E-state index contributed by atoms with van der Waals surface area (Å²) in [5.41, 5.74) is 6.04. The molecule has 3 aliphatic heterocycles. The number of carbonyl (C=O) groups is 1. The molecule has 0 unspecified atom stereocenters. The van der Waals surface area contributed by atoms with Crippen LogP contribution in [0.25, 0.3) is 0 Å². The van der Waals surface area contributed by atoms with Crippen LogP contribution in [0.1, 0.15) is 32.9 Å². The molecule has 3 aromatic rings. The summed E-state index contributed by atoms with van der Waals surface area (Å²) in [6, 6.07) is 12.6.